The van der Waals surface area contributed by atoms with Gasteiger partial charge in [-0.05, 0) is 45.7 Å². The Kier molecular flexibility index (Phi) is 7.37. The van der Waals surface area contributed by atoms with Crippen LogP contribution in [0.4, 0.5) is 0 Å². The minimum atomic E-state index is 0.738. The molecular weight excluding hydrogens is 244 g/mol. The molecule has 2 atom stereocenters. The smallest absolute Gasteiger partial charge is 0.0249 e. The Morgan fingerprint density at radius 3 is 2.15 bits per heavy atom. The first-order chi connectivity index (χ1) is 9.83. The molecule has 1 N–H and O–H groups in total. The number of hydrogen-bond donors (Lipinski definition) is 1. The van der Waals surface area contributed by atoms with E-state index in [2.05, 4.69) is 24.2 Å². The fourth-order valence-electron chi connectivity index (χ4n) is 4.28. The van der Waals surface area contributed by atoms with Crippen molar-refractivity contribution in [1.29, 1.82) is 0 Å². The highest BCUT2D eigenvalue weighted by Crippen LogP contribution is 2.28. The quantitative estimate of drug-likeness (QED) is 0.806. The predicted octanol–water partition coefficient (Wildman–Crippen LogP) is 4.34. The van der Waals surface area contributed by atoms with Crippen LogP contribution in [0.3, 0.4) is 0 Å². The zero-order chi connectivity index (χ0) is 14.2. The second-order valence-electron chi connectivity index (χ2n) is 7.08. The van der Waals surface area contributed by atoms with Gasteiger partial charge < -0.3 is 5.32 Å². The van der Waals surface area contributed by atoms with E-state index in [1.807, 2.05) is 0 Å². The van der Waals surface area contributed by atoms with E-state index in [1.54, 1.807) is 0 Å². The van der Waals surface area contributed by atoms with Crippen molar-refractivity contribution in [3.8, 4) is 0 Å². The molecule has 118 valence electrons. The molecule has 20 heavy (non-hydrogen) atoms. The third-order valence-electron chi connectivity index (χ3n) is 5.56. The van der Waals surface area contributed by atoms with E-state index < -0.39 is 0 Å². The topological polar surface area (TPSA) is 15.3 Å². The van der Waals surface area contributed by atoms with Gasteiger partial charge >= 0.3 is 0 Å². The van der Waals surface area contributed by atoms with Crippen molar-refractivity contribution in [2.45, 2.75) is 102 Å². The second-order valence-corrected chi connectivity index (χ2v) is 7.08. The average molecular weight is 280 g/mol. The van der Waals surface area contributed by atoms with Gasteiger partial charge in [-0.2, -0.15) is 0 Å². The molecule has 2 unspecified atom stereocenters. The minimum Gasteiger partial charge on any atom is -0.312 e. The molecule has 2 nitrogen and oxygen atoms in total. The Balaban J connectivity index is 1.96. The van der Waals surface area contributed by atoms with Crippen molar-refractivity contribution in [3.63, 3.8) is 0 Å². The summed E-state index contributed by atoms with van der Waals surface area (Å²) in [5.41, 5.74) is 0. The van der Waals surface area contributed by atoms with Crippen LogP contribution in [0.1, 0.15) is 84.0 Å². The van der Waals surface area contributed by atoms with Gasteiger partial charge in [0.25, 0.3) is 0 Å². The highest BCUT2D eigenvalue weighted by atomic mass is 15.2. The third kappa shape index (κ3) is 4.73. The van der Waals surface area contributed by atoms with Crippen molar-refractivity contribution < 1.29 is 0 Å². The largest absolute Gasteiger partial charge is 0.312 e. The van der Waals surface area contributed by atoms with Gasteiger partial charge in [0.2, 0.25) is 0 Å². The maximum Gasteiger partial charge on any atom is 0.0249 e. The average Bonchev–Trinajstić information content (AvgIpc) is 2.47. The van der Waals surface area contributed by atoms with Gasteiger partial charge in [0, 0.05) is 18.1 Å². The lowest BCUT2D eigenvalue weighted by Gasteiger charge is -2.42. The van der Waals surface area contributed by atoms with Crippen LogP contribution >= 0.6 is 0 Å². The Morgan fingerprint density at radius 2 is 1.45 bits per heavy atom. The van der Waals surface area contributed by atoms with E-state index in [0.29, 0.717) is 0 Å². The fraction of sp³-hybridized carbons (Fsp3) is 1.00. The summed E-state index contributed by atoms with van der Waals surface area (Å²) in [7, 11) is 2.42. The lowest BCUT2D eigenvalue weighted by molar-refractivity contribution is 0.0943. The van der Waals surface area contributed by atoms with Crippen LogP contribution in [0.25, 0.3) is 0 Å². The summed E-state index contributed by atoms with van der Waals surface area (Å²) in [4.78, 5) is 2.78. The third-order valence-corrected chi connectivity index (χ3v) is 5.56. The van der Waals surface area contributed by atoms with Crippen molar-refractivity contribution >= 4 is 0 Å². The van der Waals surface area contributed by atoms with Crippen LogP contribution < -0.4 is 5.32 Å². The zero-order valence-corrected chi connectivity index (χ0v) is 13.9. The molecule has 0 spiro atoms. The Bertz CT molecular complexity index is 244. The molecule has 0 amide bonds. The lowest BCUT2D eigenvalue weighted by Crippen LogP contribution is -2.53. The zero-order valence-electron chi connectivity index (χ0n) is 13.9. The molecule has 2 heteroatoms. The highest BCUT2D eigenvalue weighted by Gasteiger charge is 2.30. The van der Waals surface area contributed by atoms with Gasteiger partial charge in [0.1, 0.15) is 0 Å². The Labute approximate surface area is 126 Å². The second kappa shape index (κ2) is 9.04. The van der Waals surface area contributed by atoms with Crippen LogP contribution in [0.2, 0.25) is 0 Å². The van der Waals surface area contributed by atoms with Gasteiger partial charge in [-0.15, -0.1) is 0 Å². The highest BCUT2D eigenvalue weighted by molar-refractivity contribution is 4.88. The molecule has 0 bridgehead atoms. The van der Waals surface area contributed by atoms with E-state index in [-0.39, 0.29) is 0 Å². The SMILES string of the molecule is CCCNC1CCCCCCC1N(C)C1CCCCC1. The predicted molar refractivity (Wildman–Crippen MR) is 88.2 cm³/mol. The molecule has 2 aliphatic carbocycles. The number of hydrogen-bond acceptors (Lipinski definition) is 2. The molecule has 0 aromatic carbocycles. The van der Waals surface area contributed by atoms with E-state index in [1.165, 1.54) is 83.6 Å². The molecule has 0 heterocycles. The van der Waals surface area contributed by atoms with Crippen LogP contribution in [0.5, 0.6) is 0 Å². The molecule has 2 aliphatic rings. The molecule has 0 aromatic heterocycles. The maximum absolute atomic E-state index is 3.87. The first-order valence-electron chi connectivity index (χ1n) is 9.28. The normalized spacial score (nSPS) is 30.1. The van der Waals surface area contributed by atoms with Crippen molar-refractivity contribution in [1.82, 2.24) is 10.2 Å². The molecule has 2 rings (SSSR count). The summed E-state index contributed by atoms with van der Waals surface area (Å²) in [6.45, 7) is 3.48. The molecular formula is C18H36N2. The number of likely N-dealkylation sites (N-methyl/N-ethyl adjacent to an activating group) is 1. The van der Waals surface area contributed by atoms with Crippen molar-refractivity contribution in [2.24, 2.45) is 0 Å². The van der Waals surface area contributed by atoms with Crippen LogP contribution in [0, 0.1) is 0 Å². The van der Waals surface area contributed by atoms with Gasteiger partial charge in [0.15, 0.2) is 0 Å². The standard InChI is InChI=1S/C18H36N2/c1-3-15-19-17-13-9-4-5-10-14-18(17)20(2)16-11-7-6-8-12-16/h16-19H,3-15H2,1-2H3. The van der Waals surface area contributed by atoms with E-state index >= 15 is 0 Å². The maximum atomic E-state index is 3.87. The number of rotatable bonds is 5. The summed E-state index contributed by atoms with van der Waals surface area (Å²) in [5.74, 6) is 0. The summed E-state index contributed by atoms with van der Waals surface area (Å²) in [6, 6.07) is 2.38. The van der Waals surface area contributed by atoms with Crippen LogP contribution in [-0.2, 0) is 0 Å². The van der Waals surface area contributed by atoms with Crippen LogP contribution in [-0.4, -0.2) is 36.6 Å². The van der Waals surface area contributed by atoms with E-state index in [4.69, 9.17) is 0 Å². The van der Waals surface area contributed by atoms with Gasteiger partial charge in [-0.3, -0.25) is 4.90 Å². The number of nitrogens with one attached hydrogen (secondary N) is 1. The minimum absolute atomic E-state index is 0.738. The summed E-state index contributed by atoms with van der Waals surface area (Å²) in [5, 5.41) is 3.87. The fourth-order valence-corrected chi connectivity index (χ4v) is 4.28. The van der Waals surface area contributed by atoms with Crippen molar-refractivity contribution in [3.05, 3.63) is 0 Å². The van der Waals surface area contributed by atoms with Crippen molar-refractivity contribution in [2.75, 3.05) is 13.6 Å². The lowest BCUT2D eigenvalue weighted by atomic mass is 9.87. The molecule has 0 radical (unpaired) electrons. The summed E-state index contributed by atoms with van der Waals surface area (Å²) >= 11 is 0. The summed E-state index contributed by atoms with van der Waals surface area (Å²) in [6.07, 6.45) is 17.1. The Morgan fingerprint density at radius 1 is 0.850 bits per heavy atom. The Hall–Kier alpha value is -0.0800. The monoisotopic (exact) mass is 280 g/mol. The number of nitrogens with zero attached hydrogens (tertiary/aromatic N) is 1. The first-order valence-corrected chi connectivity index (χ1v) is 9.28. The summed E-state index contributed by atoms with van der Waals surface area (Å²) < 4.78 is 0. The van der Waals surface area contributed by atoms with Crippen LogP contribution in [0.15, 0.2) is 0 Å². The molecule has 2 fully saturated rings. The van der Waals surface area contributed by atoms with E-state index in [0.717, 1.165) is 18.1 Å². The molecule has 0 aromatic rings. The van der Waals surface area contributed by atoms with E-state index in [9.17, 15) is 0 Å². The van der Waals surface area contributed by atoms with Gasteiger partial charge in [-0.25, -0.2) is 0 Å². The van der Waals surface area contributed by atoms with Gasteiger partial charge in [-0.1, -0.05) is 51.9 Å². The molecule has 0 aliphatic heterocycles. The first kappa shape index (κ1) is 16.3. The molecule has 2 saturated carbocycles. The van der Waals surface area contributed by atoms with Gasteiger partial charge in [0.05, 0.1) is 0 Å². The molecule has 0 saturated heterocycles.